The highest BCUT2D eigenvalue weighted by Gasteiger charge is 2.01. The van der Waals surface area contributed by atoms with Crippen molar-refractivity contribution < 1.29 is 4.74 Å². The predicted octanol–water partition coefficient (Wildman–Crippen LogP) is 3.30. The largest absolute Gasteiger partial charge is 0.489 e. The van der Waals surface area contributed by atoms with Crippen LogP contribution in [0.4, 0.5) is 0 Å². The van der Waals surface area contributed by atoms with Crippen molar-refractivity contribution in [1.82, 2.24) is 0 Å². The molecule has 0 unspecified atom stereocenters. The lowest BCUT2D eigenvalue weighted by atomic mass is 10.1. The minimum absolute atomic E-state index is 0.366. The van der Waals surface area contributed by atoms with E-state index < -0.39 is 0 Å². The van der Waals surface area contributed by atoms with Gasteiger partial charge in [0.25, 0.3) is 0 Å². The van der Waals surface area contributed by atoms with Crippen LogP contribution in [-0.2, 0) is 6.61 Å². The van der Waals surface area contributed by atoms with Gasteiger partial charge in [-0.05, 0) is 36.6 Å². The van der Waals surface area contributed by atoms with Crippen LogP contribution in [0.3, 0.4) is 0 Å². The average molecular weight is 283 g/mol. The van der Waals surface area contributed by atoms with E-state index in [1.165, 1.54) is 4.90 Å². The van der Waals surface area contributed by atoms with Gasteiger partial charge in [0.1, 0.15) is 12.4 Å². The van der Waals surface area contributed by atoms with Gasteiger partial charge >= 0.3 is 0 Å². The van der Waals surface area contributed by atoms with Gasteiger partial charge in [-0.3, -0.25) is 0 Å². The second kappa shape index (κ2) is 7.64. The Bertz CT molecular complexity index is 611. The summed E-state index contributed by atoms with van der Waals surface area (Å²) >= 11 is 1.72. The lowest BCUT2D eigenvalue weighted by Gasteiger charge is -2.08. The van der Waals surface area contributed by atoms with Crippen molar-refractivity contribution >= 4 is 11.8 Å². The number of hydrogen-bond donors (Lipinski definition) is 1. The van der Waals surface area contributed by atoms with Crippen molar-refractivity contribution in [1.29, 1.82) is 0 Å². The first-order chi connectivity index (χ1) is 9.83. The van der Waals surface area contributed by atoms with Crippen LogP contribution in [0.25, 0.3) is 0 Å². The highest BCUT2D eigenvalue weighted by Crippen LogP contribution is 2.20. The number of ether oxygens (including phenoxy) is 1. The van der Waals surface area contributed by atoms with Gasteiger partial charge in [0.15, 0.2) is 0 Å². The maximum atomic E-state index is 5.80. The van der Waals surface area contributed by atoms with Crippen LogP contribution < -0.4 is 10.5 Å². The molecule has 0 atom stereocenters. The molecular weight excluding hydrogens is 266 g/mol. The van der Waals surface area contributed by atoms with Gasteiger partial charge < -0.3 is 10.5 Å². The third-order valence-electron chi connectivity index (χ3n) is 2.80. The van der Waals surface area contributed by atoms with E-state index in [-0.39, 0.29) is 0 Å². The molecule has 0 saturated heterocycles. The van der Waals surface area contributed by atoms with E-state index in [9.17, 15) is 0 Å². The van der Waals surface area contributed by atoms with Gasteiger partial charge in [-0.2, -0.15) is 0 Å². The number of thioether (sulfide) groups is 1. The van der Waals surface area contributed by atoms with E-state index in [2.05, 4.69) is 30.2 Å². The Morgan fingerprint density at radius 2 is 1.85 bits per heavy atom. The molecule has 2 N–H and O–H groups in total. The molecule has 3 heteroatoms. The summed E-state index contributed by atoms with van der Waals surface area (Å²) in [6.45, 7) is 0.874. The van der Waals surface area contributed by atoms with Crippen LogP contribution in [0.5, 0.6) is 5.75 Å². The van der Waals surface area contributed by atoms with Gasteiger partial charge in [0, 0.05) is 16.0 Å². The van der Waals surface area contributed by atoms with Gasteiger partial charge in [0.05, 0.1) is 6.54 Å². The summed E-state index contributed by atoms with van der Waals surface area (Å²) < 4.78 is 5.80. The fourth-order valence-electron chi connectivity index (χ4n) is 1.75. The zero-order valence-corrected chi connectivity index (χ0v) is 12.2. The summed E-state index contributed by atoms with van der Waals surface area (Å²) in [4.78, 5) is 1.23. The Hall–Kier alpha value is -1.89. The first kappa shape index (κ1) is 14.5. The van der Waals surface area contributed by atoms with Crippen LogP contribution in [0.15, 0.2) is 53.4 Å². The quantitative estimate of drug-likeness (QED) is 0.691. The van der Waals surface area contributed by atoms with Crippen LogP contribution in [0, 0.1) is 11.8 Å². The molecule has 0 heterocycles. The van der Waals surface area contributed by atoms with E-state index in [4.69, 9.17) is 10.5 Å². The second-order valence-electron chi connectivity index (χ2n) is 4.13. The molecule has 20 heavy (non-hydrogen) atoms. The highest BCUT2D eigenvalue weighted by molar-refractivity contribution is 7.98. The first-order valence-electron chi connectivity index (χ1n) is 6.37. The lowest BCUT2D eigenvalue weighted by molar-refractivity contribution is 0.305. The van der Waals surface area contributed by atoms with Crippen LogP contribution in [0.2, 0.25) is 0 Å². The predicted molar refractivity (Wildman–Crippen MR) is 84.9 cm³/mol. The molecule has 0 amide bonds. The molecule has 0 spiro atoms. The van der Waals surface area contributed by atoms with Crippen LogP contribution in [-0.4, -0.2) is 12.8 Å². The summed E-state index contributed by atoms with van der Waals surface area (Å²) in [5.74, 6) is 6.81. The van der Waals surface area contributed by atoms with Crippen molar-refractivity contribution in [3.8, 4) is 17.6 Å². The molecule has 0 aromatic heterocycles. The molecule has 0 saturated carbocycles. The molecule has 0 fully saturated rings. The molecule has 2 aromatic rings. The summed E-state index contributed by atoms with van der Waals surface area (Å²) in [5, 5.41) is 0. The Kier molecular flexibility index (Phi) is 5.55. The lowest BCUT2D eigenvalue weighted by Crippen LogP contribution is -1.99. The van der Waals surface area contributed by atoms with E-state index >= 15 is 0 Å². The standard InChI is InChI=1S/C17H17NOS/c1-20-17-10-8-16(9-11-17)19-13-15-6-3-2-5-14(15)7-4-12-18/h2-3,5-6,8-11H,12-13,18H2,1H3. The number of benzene rings is 2. The van der Waals surface area contributed by atoms with Crippen molar-refractivity contribution in [2.75, 3.05) is 12.8 Å². The van der Waals surface area contributed by atoms with E-state index in [0.29, 0.717) is 13.2 Å². The molecule has 0 radical (unpaired) electrons. The minimum atomic E-state index is 0.366. The normalized spacial score (nSPS) is 9.70. The van der Waals surface area contributed by atoms with Crippen molar-refractivity contribution in [2.45, 2.75) is 11.5 Å². The molecule has 0 aliphatic heterocycles. The van der Waals surface area contributed by atoms with Crippen molar-refractivity contribution in [3.05, 3.63) is 59.7 Å². The molecule has 2 aromatic carbocycles. The molecule has 2 nitrogen and oxygen atoms in total. The van der Waals surface area contributed by atoms with Crippen molar-refractivity contribution in [2.24, 2.45) is 5.73 Å². The summed E-state index contributed by atoms with van der Waals surface area (Å²) in [6, 6.07) is 16.1. The van der Waals surface area contributed by atoms with E-state index in [1.807, 2.05) is 36.4 Å². The Labute approximate surface area is 124 Å². The third-order valence-corrected chi connectivity index (χ3v) is 3.54. The molecule has 0 bridgehead atoms. The van der Waals surface area contributed by atoms with E-state index in [0.717, 1.165) is 16.9 Å². The fourth-order valence-corrected chi connectivity index (χ4v) is 2.16. The maximum absolute atomic E-state index is 5.80. The summed E-state index contributed by atoms with van der Waals surface area (Å²) in [5.41, 5.74) is 7.45. The van der Waals surface area contributed by atoms with E-state index in [1.54, 1.807) is 11.8 Å². The number of hydrogen-bond acceptors (Lipinski definition) is 3. The SMILES string of the molecule is CSc1ccc(OCc2ccccc2C#CCN)cc1. The Balaban J connectivity index is 2.06. The van der Waals surface area contributed by atoms with Crippen LogP contribution in [0.1, 0.15) is 11.1 Å². The summed E-state index contributed by atoms with van der Waals surface area (Å²) in [6.07, 6.45) is 2.06. The van der Waals surface area contributed by atoms with Crippen molar-refractivity contribution in [3.63, 3.8) is 0 Å². The topological polar surface area (TPSA) is 35.2 Å². The number of rotatable bonds is 4. The monoisotopic (exact) mass is 283 g/mol. The minimum Gasteiger partial charge on any atom is -0.489 e. The highest BCUT2D eigenvalue weighted by atomic mass is 32.2. The third kappa shape index (κ3) is 4.06. The Morgan fingerprint density at radius 3 is 2.55 bits per heavy atom. The maximum Gasteiger partial charge on any atom is 0.119 e. The molecule has 2 rings (SSSR count). The average Bonchev–Trinajstić information content (AvgIpc) is 2.52. The fraction of sp³-hybridized carbons (Fsp3) is 0.176. The summed E-state index contributed by atoms with van der Waals surface area (Å²) in [7, 11) is 0. The van der Waals surface area contributed by atoms with Gasteiger partial charge in [0.2, 0.25) is 0 Å². The van der Waals surface area contributed by atoms with Crippen LogP contribution >= 0.6 is 11.8 Å². The Morgan fingerprint density at radius 1 is 1.10 bits per heavy atom. The molecule has 0 aliphatic carbocycles. The first-order valence-corrected chi connectivity index (χ1v) is 7.59. The zero-order chi connectivity index (χ0) is 14.2. The van der Waals surface area contributed by atoms with Gasteiger partial charge in [-0.15, -0.1) is 11.8 Å². The molecule has 0 aliphatic rings. The smallest absolute Gasteiger partial charge is 0.119 e. The van der Waals surface area contributed by atoms with Gasteiger partial charge in [-0.1, -0.05) is 30.0 Å². The molecule has 102 valence electrons. The second-order valence-corrected chi connectivity index (χ2v) is 5.01. The van der Waals surface area contributed by atoms with Gasteiger partial charge in [-0.25, -0.2) is 0 Å². The zero-order valence-electron chi connectivity index (χ0n) is 11.4. The number of nitrogens with two attached hydrogens (primary N) is 1. The molecular formula is C17H17NOS.